The lowest BCUT2D eigenvalue weighted by atomic mass is 9.64. The number of pyridine rings is 1. The number of hydrogen-bond donors (Lipinski definition) is 0. The van der Waals surface area contributed by atoms with E-state index in [1.807, 2.05) is 103 Å². The largest absolute Gasteiger partial charge is 0.350 e. The van der Waals surface area contributed by atoms with Gasteiger partial charge < -0.3 is 4.90 Å². The maximum Gasteiger partial charge on any atom is 0.185 e. The summed E-state index contributed by atoms with van der Waals surface area (Å²) >= 11 is 0. The van der Waals surface area contributed by atoms with Crippen LogP contribution in [-0.4, -0.2) is 34.4 Å². The Bertz CT molecular complexity index is 1940. The first-order chi connectivity index (χ1) is 20.5. The highest BCUT2D eigenvalue weighted by molar-refractivity contribution is 6.32. The van der Waals surface area contributed by atoms with Crippen molar-refractivity contribution in [2.24, 2.45) is 5.41 Å². The number of ketones is 3. The lowest BCUT2D eigenvalue weighted by molar-refractivity contribution is 0.0666. The summed E-state index contributed by atoms with van der Waals surface area (Å²) in [4.78, 5) is 51.2. The van der Waals surface area contributed by atoms with Gasteiger partial charge in [0.05, 0.1) is 17.2 Å². The number of aryl methyl sites for hydroxylation is 1. The fourth-order valence-corrected chi connectivity index (χ4v) is 7.50. The molecule has 202 valence electrons. The first-order valence-electron chi connectivity index (χ1n) is 14.2. The molecule has 8 rings (SSSR count). The van der Waals surface area contributed by atoms with Crippen molar-refractivity contribution in [3.8, 4) is 0 Å². The van der Waals surface area contributed by atoms with E-state index in [0.717, 1.165) is 33.3 Å². The first kappa shape index (κ1) is 24.6. The molecule has 5 aromatic rings. The third-order valence-electron chi connectivity index (χ3n) is 9.30. The molecule has 4 aromatic carbocycles. The topological polar surface area (TPSA) is 67.3 Å². The molecule has 0 N–H and O–H groups in total. The summed E-state index contributed by atoms with van der Waals surface area (Å²) in [5.74, 6) is -1.33. The maximum atomic E-state index is 14.8. The molecule has 42 heavy (non-hydrogen) atoms. The van der Waals surface area contributed by atoms with Gasteiger partial charge in [-0.15, -0.1) is 0 Å². The van der Waals surface area contributed by atoms with Gasteiger partial charge in [-0.2, -0.15) is 0 Å². The highest BCUT2D eigenvalue weighted by Gasteiger charge is 2.71. The summed E-state index contributed by atoms with van der Waals surface area (Å²) in [6.07, 6.45) is 5.69. The minimum atomic E-state index is -1.53. The second-order valence-electron chi connectivity index (χ2n) is 11.4. The van der Waals surface area contributed by atoms with Crippen molar-refractivity contribution in [3.63, 3.8) is 0 Å². The van der Waals surface area contributed by atoms with Crippen LogP contribution in [0.4, 0.5) is 5.69 Å². The van der Waals surface area contributed by atoms with E-state index >= 15 is 0 Å². The van der Waals surface area contributed by atoms with E-state index in [9.17, 15) is 14.4 Å². The molecule has 3 atom stereocenters. The molecule has 5 heteroatoms. The third kappa shape index (κ3) is 3.13. The minimum absolute atomic E-state index is 0.131. The van der Waals surface area contributed by atoms with Gasteiger partial charge in [0, 0.05) is 34.2 Å². The Labute approximate surface area is 243 Å². The van der Waals surface area contributed by atoms with Crippen LogP contribution in [0.15, 0.2) is 115 Å². The van der Waals surface area contributed by atoms with E-state index in [2.05, 4.69) is 0 Å². The average molecular weight is 547 g/mol. The Morgan fingerprint density at radius 2 is 1.48 bits per heavy atom. The smallest absolute Gasteiger partial charge is 0.185 e. The van der Waals surface area contributed by atoms with Crippen LogP contribution in [0.1, 0.15) is 53.7 Å². The molecule has 1 aromatic heterocycles. The van der Waals surface area contributed by atoms with Crippen LogP contribution >= 0.6 is 0 Å². The molecular formula is C37H26N2O3. The van der Waals surface area contributed by atoms with Crippen molar-refractivity contribution in [2.75, 3.05) is 4.90 Å². The number of aromatic nitrogens is 1. The van der Waals surface area contributed by atoms with Crippen molar-refractivity contribution in [1.82, 2.24) is 4.98 Å². The summed E-state index contributed by atoms with van der Waals surface area (Å²) in [6.45, 7) is 2.00. The van der Waals surface area contributed by atoms with Gasteiger partial charge in [-0.05, 0) is 24.1 Å². The fourth-order valence-electron chi connectivity index (χ4n) is 7.50. The average Bonchev–Trinajstić information content (AvgIpc) is 3.47. The van der Waals surface area contributed by atoms with E-state index in [0.29, 0.717) is 16.7 Å². The molecule has 0 amide bonds. The van der Waals surface area contributed by atoms with E-state index in [-0.39, 0.29) is 17.3 Å². The number of rotatable bonds is 3. The van der Waals surface area contributed by atoms with Gasteiger partial charge in [0.2, 0.25) is 0 Å². The Morgan fingerprint density at radius 1 is 0.786 bits per heavy atom. The Balaban J connectivity index is 1.48. The van der Waals surface area contributed by atoms with Crippen molar-refractivity contribution >= 4 is 40.0 Å². The number of Topliss-reactive ketones (excluding diaryl/α,β-unsaturated/α-hetero) is 3. The highest BCUT2D eigenvalue weighted by atomic mass is 16.2. The zero-order valence-electron chi connectivity index (χ0n) is 22.9. The standard InChI is InChI=1S/C37H26N2O3/c1-22-13-15-23(16-14-22)30-33(34(40)26-8-3-2-4-9-26)39-29(37(30)35(41)27-11-5-6-12-28(27)36(37)42)20-19-25-18-17-24-10-7-21-38-31(24)32(25)39/h2-21,29-30,33H,1H3/t29-,30+,33-/m1/s1. The van der Waals surface area contributed by atoms with Gasteiger partial charge in [0.25, 0.3) is 0 Å². The van der Waals surface area contributed by atoms with Crippen molar-refractivity contribution in [1.29, 1.82) is 0 Å². The number of fused-ring (bicyclic) bond motifs is 7. The molecule has 3 heterocycles. The Kier molecular flexibility index (Phi) is 5.23. The molecule has 0 saturated carbocycles. The van der Waals surface area contributed by atoms with Gasteiger partial charge in [-0.1, -0.05) is 115 Å². The van der Waals surface area contributed by atoms with Crippen LogP contribution in [0, 0.1) is 12.3 Å². The number of nitrogens with zero attached hydrogens (tertiary/aromatic N) is 2. The predicted octanol–water partition coefficient (Wildman–Crippen LogP) is 6.86. The monoisotopic (exact) mass is 546 g/mol. The molecule has 0 bridgehead atoms. The van der Waals surface area contributed by atoms with E-state index < -0.39 is 23.4 Å². The zero-order valence-corrected chi connectivity index (χ0v) is 22.9. The van der Waals surface area contributed by atoms with Crippen LogP contribution in [0.5, 0.6) is 0 Å². The normalized spacial score (nSPS) is 21.5. The maximum absolute atomic E-state index is 14.8. The lowest BCUT2D eigenvalue weighted by Gasteiger charge is -2.37. The molecular weight excluding hydrogens is 520 g/mol. The van der Waals surface area contributed by atoms with Crippen LogP contribution < -0.4 is 4.90 Å². The lowest BCUT2D eigenvalue weighted by Crippen LogP contribution is -2.48. The molecule has 1 fully saturated rings. The summed E-state index contributed by atoms with van der Waals surface area (Å²) in [5.41, 5.74) is 4.12. The number of benzene rings is 4. The number of carbonyl (C=O) groups excluding carboxylic acids is 3. The van der Waals surface area contributed by atoms with Crippen LogP contribution in [0.2, 0.25) is 0 Å². The van der Waals surface area contributed by atoms with Crippen LogP contribution in [-0.2, 0) is 0 Å². The van der Waals surface area contributed by atoms with Crippen molar-refractivity contribution in [3.05, 3.63) is 149 Å². The molecule has 1 saturated heterocycles. The van der Waals surface area contributed by atoms with Gasteiger partial charge >= 0.3 is 0 Å². The summed E-state index contributed by atoms with van der Waals surface area (Å²) in [6, 6.07) is 30.6. The van der Waals surface area contributed by atoms with Gasteiger partial charge in [0.1, 0.15) is 11.5 Å². The Hall–Kier alpha value is -5.16. The van der Waals surface area contributed by atoms with Gasteiger partial charge in [-0.3, -0.25) is 19.4 Å². The van der Waals surface area contributed by atoms with Crippen LogP contribution in [0.3, 0.4) is 0 Å². The summed E-state index contributed by atoms with van der Waals surface area (Å²) in [7, 11) is 0. The third-order valence-corrected chi connectivity index (χ3v) is 9.30. The molecule has 5 nitrogen and oxygen atoms in total. The van der Waals surface area contributed by atoms with Gasteiger partial charge in [0.15, 0.2) is 17.3 Å². The molecule has 1 spiro atoms. The fraction of sp³-hybridized carbons (Fsp3) is 0.135. The summed E-state index contributed by atoms with van der Waals surface area (Å²) < 4.78 is 0. The molecule has 2 aliphatic heterocycles. The second kappa shape index (κ2) is 8.92. The molecule has 0 unspecified atom stereocenters. The molecule has 3 aliphatic rings. The van der Waals surface area contributed by atoms with E-state index in [1.165, 1.54) is 0 Å². The highest BCUT2D eigenvalue weighted by Crippen LogP contribution is 2.61. The Morgan fingerprint density at radius 3 is 2.19 bits per heavy atom. The SMILES string of the molecule is Cc1ccc([C@H]2[C@H](C(=O)c3ccccc3)N3c4c(ccc5cccnc45)C=C[C@@H]3C23C(=O)c2ccccc2C3=O)cc1. The van der Waals surface area contributed by atoms with E-state index in [4.69, 9.17) is 4.98 Å². The van der Waals surface area contributed by atoms with Crippen molar-refractivity contribution in [2.45, 2.75) is 24.9 Å². The second-order valence-corrected chi connectivity index (χ2v) is 11.4. The number of hydrogen-bond acceptors (Lipinski definition) is 5. The zero-order chi connectivity index (χ0) is 28.6. The summed E-state index contributed by atoms with van der Waals surface area (Å²) in [5, 5.41) is 0.927. The molecule has 0 radical (unpaired) electrons. The first-order valence-corrected chi connectivity index (χ1v) is 14.2. The number of carbonyl (C=O) groups is 3. The predicted molar refractivity (Wildman–Crippen MR) is 163 cm³/mol. The number of anilines is 1. The van der Waals surface area contributed by atoms with E-state index in [1.54, 1.807) is 30.5 Å². The quantitative estimate of drug-likeness (QED) is 0.183. The van der Waals surface area contributed by atoms with Gasteiger partial charge in [-0.25, -0.2) is 0 Å². The van der Waals surface area contributed by atoms with Crippen molar-refractivity contribution < 1.29 is 14.4 Å². The molecule has 1 aliphatic carbocycles. The van der Waals surface area contributed by atoms with Crippen LogP contribution in [0.25, 0.3) is 17.0 Å². The minimum Gasteiger partial charge on any atom is -0.350 e.